The third kappa shape index (κ3) is 3.46. The number of hydrogen-bond acceptors (Lipinski definition) is 3. The van der Waals surface area contributed by atoms with Gasteiger partial charge in [0, 0.05) is 25.2 Å². The first-order valence-corrected chi connectivity index (χ1v) is 7.48. The summed E-state index contributed by atoms with van der Waals surface area (Å²) in [6.07, 6.45) is 4.10. The van der Waals surface area contributed by atoms with Crippen LogP contribution in [-0.4, -0.2) is 42.8 Å². The van der Waals surface area contributed by atoms with Crippen molar-refractivity contribution in [3.8, 4) is 0 Å². The molecule has 1 aliphatic heterocycles. The fraction of sp³-hybridized carbons (Fsp3) is 1.00. The van der Waals surface area contributed by atoms with E-state index in [0.717, 1.165) is 19.7 Å². The van der Waals surface area contributed by atoms with Gasteiger partial charge >= 0.3 is 0 Å². The lowest BCUT2D eigenvalue weighted by Crippen LogP contribution is -2.52. The van der Waals surface area contributed by atoms with E-state index in [1.165, 1.54) is 19.3 Å². The molecule has 3 nitrogen and oxygen atoms in total. The highest BCUT2D eigenvalue weighted by molar-refractivity contribution is 4.90. The Kier molecular flexibility index (Phi) is 4.35. The quantitative estimate of drug-likeness (QED) is 0.821. The minimum atomic E-state index is 0.369. The van der Waals surface area contributed by atoms with Gasteiger partial charge < -0.3 is 10.5 Å². The molecule has 0 radical (unpaired) electrons. The summed E-state index contributed by atoms with van der Waals surface area (Å²) >= 11 is 0. The number of hydrogen-bond donors (Lipinski definition) is 1. The van der Waals surface area contributed by atoms with Gasteiger partial charge in [-0.2, -0.15) is 0 Å². The highest BCUT2D eigenvalue weighted by atomic mass is 16.5. The van der Waals surface area contributed by atoms with Gasteiger partial charge in [-0.15, -0.1) is 0 Å². The summed E-state index contributed by atoms with van der Waals surface area (Å²) in [6, 6.07) is 0.932. The second-order valence-corrected chi connectivity index (χ2v) is 7.28. The van der Waals surface area contributed by atoms with Crippen LogP contribution in [-0.2, 0) is 4.74 Å². The summed E-state index contributed by atoms with van der Waals surface area (Å²) < 4.78 is 5.70. The lowest BCUT2D eigenvalue weighted by Gasteiger charge is -2.44. The van der Waals surface area contributed by atoms with Crippen LogP contribution in [0.3, 0.4) is 0 Å². The van der Waals surface area contributed by atoms with Crippen LogP contribution in [0.1, 0.15) is 47.0 Å². The Morgan fingerprint density at radius 2 is 2.06 bits per heavy atom. The molecule has 4 atom stereocenters. The van der Waals surface area contributed by atoms with Gasteiger partial charge in [0.05, 0.1) is 12.7 Å². The normalized spacial score (nSPS) is 41.8. The van der Waals surface area contributed by atoms with Crippen LogP contribution in [0.15, 0.2) is 0 Å². The first kappa shape index (κ1) is 14.3. The maximum atomic E-state index is 6.34. The van der Waals surface area contributed by atoms with Gasteiger partial charge in [-0.25, -0.2) is 0 Å². The van der Waals surface area contributed by atoms with E-state index in [0.29, 0.717) is 29.5 Å². The van der Waals surface area contributed by atoms with Crippen molar-refractivity contribution in [1.29, 1.82) is 0 Å². The minimum Gasteiger partial charge on any atom is -0.376 e. The van der Waals surface area contributed by atoms with E-state index in [1.54, 1.807) is 0 Å². The van der Waals surface area contributed by atoms with Crippen LogP contribution < -0.4 is 5.73 Å². The Hall–Kier alpha value is -0.120. The van der Waals surface area contributed by atoms with Crippen molar-refractivity contribution in [2.45, 2.75) is 65.1 Å². The van der Waals surface area contributed by atoms with Crippen LogP contribution in [0.4, 0.5) is 0 Å². The molecule has 2 N–H and O–H groups in total. The smallest absolute Gasteiger partial charge is 0.0674 e. The molecule has 1 heterocycles. The first-order chi connectivity index (χ1) is 8.37. The zero-order valence-electron chi connectivity index (χ0n) is 12.5. The molecule has 3 heteroatoms. The number of morpholine rings is 1. The summed E-state index contributed by atoms with van der Waals surface area (Å²) in [6.45, 7) is 12.3. The van der Waals surface area contributed by atoms with E-state index < -0.39 is 0 Å². The van der Waals surface area contributed by atoms with Gasteiger partial charge in [0.2, 0.25) is 0 Å². The van der Waals surface area contributed by atoms with Crippen LogP contribution in [0.25, 0.3) is 0 Å². The molecule has 4 unspecified atom stereocenters. The van der Waals surface area contributed by atoms with Crippen molar-refractivity contribution < 1.29 is 4.74 Å². The molecule has 2 aliphatic rings. The molecule has 106 valence electrons. The molecule has 2 fully saturated rings. The average molecular weight is 254 g/mol. The molecule has 1 aliphatic carbocycles. The molecule has 0 aromatic carbocycles. The minimum absolute atomic E-state index is 0.369. The van der Waals surface area contributed by atoms with E-state index >= 15 is 0 Å². The number of rotatable bonds is 2. The fourth-order valence-electron chi connectivity index (χ4n) is 3.48. The standard InChI is InChI=1S/C15H30N2O/c1-11-10-18-12(2)8-17(11)9-13-7-15(3,4)6-5-14(13)16/h11-14H,5-10,16H2,1-4H3. The Morgan fingerprint density at radius 3 is 2.78 bits per heavy atom. The van der Waals surface area contributed by atoms with E-state index in [2.05, 4.69) is 32.6 Å². The SMILES string of the molecule is CC1CN(CC2CC(C)(C)CCC2N)C(C)CO1. The van der Waals surface area contributed by atoms with Crippen molar-refractivity contribution >= 4 is 0 Å². The first-order valence-electron chi connectivity index (χ1n) is 7.48. The average Bonchev–Trinajstić information content (AvgIpc) is 2.28. The lowest BCUT2D eigenvalue weighted by molar-refractivity contribution is -0.0593. The van der Waals surface area contributed by atoms with Crippen LogP contribution in [0.5, 0.6) is 0 Å². The monoisotopic (exact) mass is 254 g/mol. The Labute approximate surface area is 112 Å². The van der Waals surface area contributed by atoms with Gasteiger partial charge in [0.1, 0.15) is 0 Å². The Morgan fingerprint density at radius 1 is 1.33 bits per heavy atom. The molecule has 0 amide bonds. The second-order valence-electron chi connectivity index (χ2n) is 7.28. The number of ether oxygens (including phenoxy) is 1. The molecular formula is C15H30N2O. The second kappa shape index (κ2) is 5.48. The summed E-state index contributed by atoms with van der Waals surface area (Å²) in [5, 5.41) is 0. The molecule has 1 saturated carbocycles. The predicted octanol–water partition coefficient (Wildman–Crippen LogP) is 2.25. The highest BCUT2D eigenvalue weighted by Crippen LogP contribution is 2.38. The van der Waals surface area contributed by atoms with Gasteiger partial charge in [0.15, 0.2) is 0 Å². The molecular weight excluding hydrogens is 224 g/mol. The molecule has 0 aromatic rings. The molecule has 0 bridgehead atoms. The van der Waals surface area contributed by atoms with Gasteiger partial charge in [0.25, 0.3) is 0 Å². The van der Waals surface area contributed by atoms with Crippen LogP contribution >= 0.6 is 0 Å². The third-order valence-electron chi connectivity index (χ3n) is 4.78. The molecule has 2 rings (SSSR count). The largest absolute Gasteiger partial charge is 0.376 e. The van der Waals surface area contributed by atoms with E-state index in [-0.39, 0.29) is 0 Å². The zero-order valence-corrected chi connectivity index (χ0v) is 12.5. The maximum absolute atomic E-state index is 6.34. The summed E-state index contributed by atoms with van der Waals surface area (Å²) in [7, 11) is 0. The van der Waals surface area contributed by atoms with Crippen molar-refractivity contribution in [2.75, 3.05) is 19.7 Å². The van der Waals surface area contributed by atoms with E-state index in [1.807, 2.05) is 0 Å². The van der Waals surface area contributed by atoms with Crippen molar-refractivity contribution in [1.82, 2.24) is 4.90 Å². The molecule has 18 heavy (non-hydrogen) atoms. The fourth-order valence-corrected chi connectivity index (χ4v) is 3.48. The number of nitrogens with zero attached hydrogens (tertiary/aromatic N) is 1. The topological polar surface area (TPSA) is 38.5 Å². The Bertz CT molecular complexity index is 280. The molecule has 1 saturated heterocycles. The summed E-state index contributed by atoms with van der Waals surface area (Å²) in [5.41, 5.74) is 6.81. The summed E-state index contributed by atoms with van der Waals surface area (Å²) in [4.78, 5) is 2.58. The predicted molar refractivity (Wildman–Crippen MR) is 75.5 cm³/mol. The van der Waals surface area contributed by atoms with Crippen LogP contribution in [0.2, 0.25) is 0 Å². The molecule has 0 aromatic heterocycles. The maximum Gasteiger partial charge on any atom is 0.0674 e. The van der Waals surface area contributed by atoms with Crippen molar-refractivity contribution in [2.24, 2.45) is 17.1 Å². The van der Waals surface area contributed by atoms with Gasteiger partial charge in [-0.1, -0.05) is 13.8 Å². The van der Waals surface area contributed by atoms with Crippen LogP contribution in [0, 0.1) is 11.3 Å². The zero-order chi connectivity index (χ0) is 13.3. The number of nitrogens with two attached hydrogens (primary N) is 1. The van der Waals surface area contributed by atoms with E-state index in [9.17, 15) is 0 Å². The highest BCUT2D eigenvalue weighted by Gasteiger charge is 2.35. The van der Waals surface area contributed by atoms with Gasteiger partial charge in [-0.05, 0) is 44.4 Å². The Balaban J connectivity index is 1.94. The summed E-state index contributed by atoms with van der Waals surface area (Å²) in [5.74, 6) is 0.654. The van der Waals surface area contributed by atoms with Crippen molar-refractivity contribution in [3.63, 3.8) is 0 Å². The molecule has 0 spiro atoms. The van der Waals surface area contributed by atoms with Gasteiger partial charge in [-0.3, -0.25) is 4.90 Å². The van der Waals surface area contributed by atoms with E-state index in [4.69, 9.17) is 10.5 Å². The van der Waals surface area contributed by atoms with Crippen molar-refractivity contribution in [3.05, 3.63) is 0 Å². The lowest BCUT2D eigenvalue weighted by atomic mass is 9.70. The third-order valence-corrected chi connectivity index (χ3v) is 4.78.